The number of aliphatic carboxylic acids is 1. The largest absolute Gasteiger partial charge is 0.481 e. The van der Waals surface area contributed by atoms with E-state index in [2.05, 4.69) is 12.2 Å². The van der Waals surface area contributed by atoms with E-state index >= 15 is 0 Å². The third-order valence-electron chi connectivity index (χ3n) is 5.47. The van der Waals surface area contributed by atoms with Gasteiger partial charge in [0.25, 0.3) is 0 Å². The van der Waals surface area contributed by atoms with Crippen molar-refractivity contribution in [2.75, 3.05) is 0 Å². The van der Waals surface area contributed by atoms with Crippen molar-refractivity contribution >= 4 is 11.9 Å². The lowest BCUT2D eigenvalue weighted by Gasteiger charge is -2.33. The molecule has 0 aliphatic heterocycles. The van der Waals surface area contributed by atoms with Crippen LogP contribution in [-0.2, 0) is 9.59 Å². The number of rotatable bonds is 4. The summed E-state index contributed by atoms with van der Waals surface area (Å²) in [4.78, 5) is 24.0. The summed E-state index contributed by atoms with van der Waals surface area (Å²) in [5.74, 6) is -0.695. The Morgan fingerprint density at radius 3 is 2.37 bits per heavy atom. The van der Waals surface area contributed by atoms with Crippen molar-refractivity contribution in [1.82, 2.24) is 5.32 Å². The van der Waals surface area contributed by atoms with E-state index in [9.17, 15) is 14.7 Å². The lowest BCUT2D eigenvalue weighted by atomic mass is 9.80. The summed E-state index contributed by atoms with van der Waals surface area (Å²) in [7, 11) is 0. The zero-order valence-electron chi connectivity index (χ0n) is 12.0. The highest BCUT2D eigenvalue weighted by Gasteiger charge is 2.48. The van der Waals surface area contributed by atoms with Crippen LogP contribution >= 0.6 is 0 Å². The number of carboxylic acid groups (broad SMARTS) is 1. The molecule has 2 N–H and O–H groups in total. The third kappa shape index (κ3) is 2.37. The molecule has 108 valence electrons. The number of carboxylic acids is 1. The van der Waals surface area contributed by atoms with Crippen molar-refractivity contribution in [3.05, 3.63) is 0 Å². The summed E-state index contributed by atoms with van der Waals surface area (Å²) in [6.45, 7) is 3.83. The molecule has 0 aromatic carbocycles. The van der Waals surface area contributed by atoms with Gasteiger partial charge in [0.1, 0.15) is 0 Å². The second-order valence-corrected chi connectivity index (χ2v) is 6.48. The van der Waals surface area contributed by atoms with E-state index in [0.29, 0.717) is 6.42 Å². The van der Waals surface area contributed by atoms with Crippen LogP contribution < -0.4 is 5.32 Å². The SMILES string of the molecule is CCC1(C(=O)NC2CCCC2(C)C(=O)O)CCCC1. The van der Waals surface area contributed by atoms with E-state index in [1.54, 1.807) is 6.92 Å². The van der Waals surface area contributed by atoms with Crippen molar-refractivity contribution in [3.63, 3.8) is 0 Å². The van der Waals surface area contributed by atoms with Gasteiger partial charge < -0.3 is 10.4 Å². The first-order valence-corrected chi connectivity index (χ1v) is 7.49. The molecule has 4 nitrogen and oxygen atoms in total. The van der Waals surface area contributed by atoms with Gasteiger partial charge in [-0.2, -0.15) is 0 Å². The molecule has 0 heterocycles. The molecule has 2 aliphatic carbocycles. The third-order valence-corrected chi connectivity index (χ3v) is 5.47. The lowest BCUT2D eigenvalue weighted by molar-refractivity contribution is -0.149. The maximum absolute atomic E-state index is 12.6. The van der Waals surface area contributed by atoms with Crippen LogP contribution in [0, 0.1) is 10.8 Å². The van der Waals surface area contributed by atoms with Crippen molar-refractivity contribution in [3.8, 4) is 0 Å². The zero-order chi connectivity index (χ0) is 14.1. The standard InChI is InChI=1S/C15H25NO3/c1-3-15(9-4-5-10-15)12(17)16-11-7-6-8-14(11,2)13(18)19/h11H,3-10H2,1-2H3,(H,16,17)(H,18,19). The second-order valence-electron chi connectivity index (χ2n) is 6.48. The molecule has 0 radical (unpaired) electrons. The molecule has 19 heavy (non-hydrogen) atoms. The average Bonchev–Trinajstić information content (AvgIpc) is 2.98. The van der Waals surface area contributed by atoms with E-state index in [-0.39, 0.29) is 17.4 Å². The Balaban J connectivity index is 2.08. The number of hydrogen-bond donors (Lipinski definition) is 2. The van der Waals surface area contributed by atoms with Crippen molar-refractivity contribution in [2.24, 2.45) is 10.8 Å². The van der Waals surface area contributed by atoms with E-state index in [1.165, 1.54) is 0 Å². The van der Waals surface area contributed by atoms with Crippen molar-refractivity contribution in [2.45, 2.75) is 71.3 Å². The van der Waals surface area contributed by atoms with Crippen LogP contribution in [0.4, 0.5) is 0 Å². The Hall–Kier alpha value is -1.06. The Bertz CT molecular complexity index is 374. The lowest BCUT2D eigenvalue weighted by Crippen LogP contribution is -2.51. The van der Waals surface area contributed by atoms with E-state index in [1.807, 2.05) is 0 Å². The zero-order valence-corrected chi connectivity index (χ0v) is 12.0. The maximum Gasteiger partial charge on any atom is 0.311 e. The fraction of sp³-hybridized carbons (Fsp3) is 0.867. The van der Waals surface area contributed by atoms with Crippen LogP contribution in [-0.4, -0.2) is 23.0 Å². The monoisotopic (exact) mass is 267 g/mol. The second kappa shape index (κ2) is 5.14. The smallest absolute Gasteiger partial charge is 0.311 e. The van der Waals surface area contributed by atoms with Crippen molar-refractivity contribution in [1.29, 1.82) is 0 Å². The summed E-state index contributed by atoms with van der Waals surface area (Å²) in [5.41, 5.74) is -1.02. The first-order valence-electron chi connectivity index (χ1n) is 7.49. The molecule has 2 unspecified atom stereocenters. The molecule has 0 bridgehead atoms. The molecular weight excluding hydrogens is 242 g/mol. The van der Waals surface area contributed by atoms with Crippen LogP contribution in [0.1, 0.15) is 65.2 Å². The average molecular weight is 267 g/mol. The van der Waals surface area contributed by atoms with E-state index < -0.39 is 11.4 Å². The Morgan fingerprint density at radius 2 is 1.84 bits per heavy atom. The maximum atomic E-state index is 12.6. The van der Waals surface area contributed by atoms with Gasteiger partial charge in [0.05, 0.1) is 5.41 Å². The first-order chi connectivity index (χ1) is 8.94. The van der Waals surface area contributed by atoms with Crippen molar-refractivity contribution < 1.29 is 14.7 Å². The van der Waals surface area contributed by atoms with Gasteiger partial charge in [-0.3, -0.25) is 9.59 Å². The molecule has 2 saturated carbocycles. The summed E-state index contributed by atoms with van der Waals surface area (Å²) in [6, 6.07) is -0.207. The van der Waals surface area contributed by atoms with Gasteiger partial charge in [-0.15, -0.1) is 0 Å². The predicted octanol–water partition coefficient (Wildman–Crippen LogP) is 2.72. The fourth-order valence-electron chi connectivity index (χ4n) is 3.76. The molecule has 0 aromatic heterocycles. The number of carbonyl (C=O) groups excluding carboxylic acids is 1. The predicted molar refractivity (Wildman–Crippen MR) is 72.7 cm³/mol. The first kappa shape index (κ1) is 14.4. The highest BCUT2D eigenvalue weighted by Crippen LogP contribution is 2.43. The van der Waals surface area contributed by atoms with Gasteiger partial charge in [-0.25, -0.2) is 0 Å². The molecule has 0 saturated heterocycles. The number of hydrogen-bond acceptors (Lipinski definition) is 2. The van der Waals surface area contributed by atoms with Crippen LogP contribution in [0.2, 0.25) is 0 Å². The van der Waals surface area contributed by atoms with E-state index in [4.69, 9.17) is 0 Å². The molecule has 2 atom stereocenters. The quantitative estimate of drug-likeness (QED) is 0.823. The molecular formula is C15H25NO3. The topological polar surface area (TPSA) is 66.4 Å². The Labute approximate surface area is 115 Å². The van der Waals surface area contributed by atoms with E-state index in [0.717, 1.165) is 44.9 Å². The van der Waals surface area contributed by atoms with Crippen LogP contribution in [0.15, 0.2) is 0 Å². The number of carbonyl (C=O) groups is 2. The molecule has 0 aromatic rings. The molecule has 2 fully saturated rings. The highest BCUT2D eigenvalue weighted by molar-refractivity contribution is 5.84. The summed E-state index contributed by atoms with van der Waals surface area (Å²) >= 11 is 0. The van der Waals surface area contributed by atoms with Gasteiger partial charge in [0, 0.05) is 11.5 Å². The number of amides is 1. The fourth-order valence-corrected chi connectivity index (χ4v) is 3.76. The van der Waals surface area contributed by atoms with Gasteiger partial charge in [0.15, 0.2) is 0 Å². The Morgan fingerprint density at radius 1 is 1.21 bits per heavy atom. The van der Waals surface area contributed by atoms with Gasteiger partial charge in [-0.05, 0) is 39.0 Å². The summed E-state index contributed by atoms with van der Waals surface area (Å²) in [6.07, 6.45) is 7.31. The molecule has 2 rings (SSSR count). The van der Waals surface area contributed by atoms with Crippen LogP contribution in [0.3, 0.4) is 0 Å². The minimum absolute atomic E-state index is 0.0897. The molecule has 0 spiro atoms. The van der Waals surface area contributed by atoms with Gasteiger partial charge >= 0.3 is 5.97 Å². The summed E-state index contributed by atoms with van der Waals surface area (Å²) in [5, 5.41) is 12.5. The molecule has 1 amide bonds. The minimum atomic E-state index is -0.788. The normalized spacial score (nSPS) is 33.3. The summed E-state index contributed by atoms with van der Waals surface area (Å²) < 4.78 is 0. The van der Waals surface area contributed by atoms with Crippen LogP contribution in [0.5, 0.6) is 0 Å². The van der Waals surface area contributed by atoms with Gasteiger partial charge in [0.2, 0.25) is 5.91 Å². The Kier molecular flexibility index (Phi) is 3.88. The highest BCUT2D eigenvalue weighted by atomic mass is 16.4. The number of nitrogens with one attached hydrogen (secondary N) is 1. The van der Waals surface area contributed by atoms with Crippen LogP contribution in [0.25, 0.3) is 0 Å². The minimum Gasteiger partial charge on any atom is -0.481 e. The molecule has 2 aliphatic rings. The van der Waals surface area contributed by atoms with Gasteiger partial charge in [-0.1, -0.05) is 26.2 Å². The molecule has 4 heteroatoms.